The number of rotatable bonds is 7. The van der Waals surface area contributed by atoms with Crippen LogP contribution in [0.15, 0.2) is 29.2 Å². The van der Waals surface area contributed by atoms with Gasteiger partial charge in [-0.05, 0) is 30.5 Å². The van der Waals surface area contributed by atoms with Gasteiger partial charge >= 0.3 is 5.97 Å². The van der Waals surface area contributed by atoms with Crippen LogP contribution in [0.3, 0.4) is 0 Å². The predicted molar refractivity (Wildman–Crippen MR) is 77.0 cm³/mol. The molecule has 0 aliphatic rings. The average molecular weight is 299 g/mol. The Morgan fingerprint density at radius 2 is 1.80 bits per heavy atom. The van der Waals surface area contributed by atoms with E-state index in [0.717, 1.165) is 6.42 Å². The van der Waals surface area contributed by atoms with Crippen LogP contribution < -0.4 is 4.72 Å². The molecular formula is C14H21NO4S. The van der Waals surface area contributed by atoms with Crippen LogP contribution in [0, 0.1) is 5.92 Å². The molecule has 112 valence electrons. The molecule has 0 amide bonds. The van der Waals surface area contributed by atoms with Gasteiger partial charge in [-0.3, -0.25) is 4.79 Å². The average Bonchev–Trinajstić information content (AvgIpc) is 2.37. The summed E-state index contributed by atoms with van der Waals surface area (Å²) in [5, 5.41) is 8.67. The molecule has 0 saturated carbocycles. The van der Waals surface area contributed by atoms with Crippen LogP contribution in [-0.4, -0.2) is 25.5 Å². The minimum absolute atomic E-state index is 0.114. The fourth-order valence-electron chi connectivity index (χ4n) is 1.74. The van der Waals surface area contributed by atoms with E-state index in [4.69, 9.17) is 5.11 Å². The lowest BCUT2D eigenvalue weighted by molar-refractivity contribution is -0.136. The number of carboxylic acid groups (broad SMARTS) is 1. The molecule has 0 heterocycles. The quantitative estimate of drug-likeness (QED) is 0.807. The molecule has 20 heavy (non-hydrogen) atoms. The molecule has 0 aliphatic carbocycles. The van der Waals surface area contributed by atoms with Crippen molar-refractivity contribution in [2.24, 2.45) is 5.92 Å². The lowest BCUT2D eigenvalue weighted by atomic mass is 10.0. The standard InChI is InChI=1S/C14H21NO4S/c1-4-10(2)11(3)15-20(18,19)13-7-5-12(6-8-13)9-14(16)17/h5-8,10-11,15H,4,9H2,1-3H3,(H,16,17). The first-order valence-electron chi connectivity index (χ1n) is 6.59. The maximum Gasteiger partial charge on any atom is 0.307 e. The van der Waals surface area contributed by atoms with E-state index in [9.17, 15) is 13.2 Å². The van der Waals surface area contributed by atoms with Crippen molar-refractivity contribution in [1.29, 1.82) is 0 Å². The number of hydrogen-bond acceptors (Lipinski definition) is 3. The first kappa shape index (κ1) is 16.7. The van der Waals surface area contributed by atoms with Crippen molar-refractivity contribution in [3.63, 3.8) is 0 Å². The van der Waals surface area contributed by atoms with Crippen LogP contribution in [0.4, 0.5) is 0 Å². The molecule has 0 fully saturated rings. The van der Waals surface area contributed by atoms with E-state index in [0.29, 0.717) is 5.56 Å². The Kier molecular flexibility index (Phi) is 5.71. The highest BCUT2D eigenvalue weighted by molar-refractivity contribution is 7.89. The van der Waals surface area contributed by atoms with Gasteiger partial charge in [0.25, 0.3) is 0 Å². The van der Waals surface area contributed by atoms with Gasteiger partial charge in [0.05, 0.1) is 11.3 Å². The van der Waals surface area contributed by atoms with E-state index in [1.807, 2.05) is 20.8 Å². The van der Waals surface area contributed by atoms with E-state index < -0.39 is 16.0 Å². The second kappa shape index (κ2) is 6.85. The molecule has 0 saturated heterocycles. The summed E-state index contributed by atoms with van der Waals surface area (Å²) in [5.41, 5.74) is 0.575. The monoisotopic (exact) mass is 299 g/mol. The number of carbonyl (C=O) groups is 1. The number of benzene rings is 1. The zero-order valence-electron chi connectivity index (χ0n) is 12.0. The summed E-state index contributed by atoms with van der Waals surface area (Å²) in [6.45, 7) is 5.84. The third-order valence-electron chi connectivity index (χ3n) is 3.43. The molecule has 2 atom stereocenters. The predicted octanol–water partition coefficient (Wildman–Crippen LogP) is 2.03. The lowest BCUT2D eigenvalue weighted by Crippen LogP contribution is -2.36. The molecule has 0 radical (unpaired) electrons. The maximum atomic E-state index is 12.2. The molecule has 1 rings (SSSR count). The second-order valence-corrected chi connectivity index (χ2v) is 6.72. The van der Waals surface area contributed by atoms with Crippen molar-refractivity contribution in [2.75, 3.05) is 0 Å². The Bertz CT molecular complexity index is 551. The summed E-state index contributed by atoms with van der Waals surface area (Å²) >= 11 is 0. The Labute approximate surface area is 120 Å². The highest BCUT2D eigenvalue weighted by Gasteiger charge is 2.20. The molecule has 0 aromatic heterocycles. The largest absolute Gasteiger partial charge is 0.481 e. The summed E-state index contributed by atoms with van der Waals surface area (Å²) in [7, 11) is -3.56. The van der Waals surface area contributed by atoms with Gasteiger partial charge in [-0.1, -0.05) is 32.4 Å². The smallest absolute Gasteiger partial charge is 0.307 e. The third-order valence-corrected chi connectivity index (χ3v) is 5.00. The van der Waals surface area contributed by atoms with Gasteiger partial charge in [-0.25, -0.2) is 13.1 Å². The van der Waals surface area contributed by atoms with Crippen LogP contribution in [0.2, 0.25) is 0 Å². The van der Waals surface area contributed by atoms with Crippen LogP contribution in [0.1, 0.15) is 32.8 Å². The van der Waals surface area contributed by atoms with Crippen molar-refractivity contribution in [3.05, 3.63) is 29.8 Å². The molecule has 6 heteroatoms. The van der Waals surface area contributed by atoms with Gasteiger partial charge in [-0.2, -0.15) is 0 Å². The molecule has 0 spiro atoms. The summed E-state index contributed by atoms with van der Waals surface area (Å²) in [6, 6.07) is 5.77. The van der Waals surface area contributed by atoms with Gasteiger partial charge in [0.15, 0.2) is 0 Å². The van der Waals surface area contributed by atoms with E-state index >= 15 is 0 Å². The van der Waals surface area contributed by atoms with Crippen LogP contribution in [0.25, 0.3) is 0 Å². The minimum atomic E-state index is -3.56. The molecule has 1 aromatic carbocycles. The fourth-order valence-corrected chi connectivity index (χ4v) is 3.10. The Morgan fingerprint density at radius 1 is 1.25 bits per heavy atom. The topological polar surface area (TPSA) is 83.5 Å². The van der Waals surface area contributed by atoms with Crippen molar-refractivity contribution < 1.29 is 18.3 Å². The molecule has 2 unspecified atom stereocenters. The highest BCUT2D eigenvalue weighted by Crippen LogP contribution is 2.14. The third kappa shape index (κ3) is 4.61. The Balaban J connectivity index is 2.85. The summed E-state index contributed by atoms with van der Waals surface area (Å²) in [5.74, 6) is -0.694. The summed E-state index contributed by atoms with van der Waals surface area (Å²) < 4.78 is 27.0. The van der Waals surface area contributed by atoms with E-state index in [-0.39, 0.29) is 23.3 Å². The number of carboxylic acids is 1. The van der Waals surface area contributed by atoms with Crippen molar-refractivity contribution in [3.8, 4) is 0 Å². The molecule has 5 nitrogen and oxygen atoms in total. The Hall–Kier alpha value is -1.40. The van der Waals surface area contributed by atoms with Crippen molar-refractivity contribution in [1.82, 2.24) is 4.72 Å². The normalized spacial score (nSPS) is 14.8. The number of nitrogens with one attached hydrogen (secondary N) is 1. The van der Waals surface area contributed by atoms with Gasteiger partial charge < -0.3 is 5.11 Å². The number of hydrogen-bond donors (Lipinski definition) is 2. The summed E-state index contributed by atoms with van der Waals surface area (Å²) in [6.07, 6.45) is 0.776. The second-order valence-electron chi connectivity index (χ2n) is 5.01. The zero-order chi connectivity index (χ0) is 15.3. The van der Waals surface area contributed by atoms with Gasteiger partial charge in [-0.15, -0.1) is 0 Å². The molecule has 0 aliphatic heterocycles. The zero-order valence-corrected chi connectivity index (χ0v) is 12.8. The van der Waals surface area contributed by atoms with Gasteiger partial charge in [0, 0.05) is 6.04 Å². The number of aliphatic carboxylic acids is 1. The number of sulfonamides is 1. The highest BCUT2D eigenvalue weighted by atomic mass is 32.2. The van der Waals surface area contributed by atoms with Gasteiger partial charge in [0.1, 0.15) is 0 Å². The van der Waals surface area contributed by atoms with E-state index in [1.54, 1.807) is 0 Å². The molecule has 2 N–H and O–H groups in total. The fraction of sp³-hybridized carbons (Fsp3) is 0.500. The Morgan fingerprint density at radius 3 is 2.25 bits per heavy atom. The molecule has 1 aromatic rings. The maximum absolute atomic E-state index is 12.2. The van der Waals surface area contributed by atoms with Crippen LogP contribution >= 0.6 is 0 Å². The SMILES string of the molecule is CCC(C)C(C)NS(=O)(=O)c1ccc(CC(=O)O)cc1. The minimum Gasteiger partial charge on any atom is -0.481 e. The molecule has 0 bridgehead atoms. The van der Waals surface area contributed by atoms with E-state index in [2.05, 4.69) is 4.72 Å². The van der Waals surface area contributed by atoms with Crippen molar-refractivity contribution in [2.45, 2.75) is 44.6 Å². The van der Waals surface area contributed by atoms with Crippen molar-refractivity contribution >= 4 is 16.0 Å². The first-order chi connectivity index (χ1) is 9.26. The van der Waals surface area contributed by atoms with Crippen LogP contribution in [0.5, 0.6) is 0 Å². The van der Waals surface area contributed by atoms with E-state index in [1.165, 1.54) is 24.3 Å². The first-order valence-corrected chi connectivity index (χ1v) is 8.07. The lowest BCUT2D eigenvalue weighted by Gasteiger charge is -2.19. The van der Waals surface area contributed by atoms with Crippen LogP contribution in [-0.2, 0) is 21.2 Å². The summed E-state index contributed by atoms with van der Waals surface area (Å²) in [4.78, 5) is 10.7. The van der Waals surface area contributed by atoms with Gasteiger partial charge in [0.2, 0.25) is 10.0 Å². The molecular weight excluding hydrogens is 278 g/mol.